The molecule has 0 fully saturated rings. The lowest BCUT2D eigenvalue weighted by molar-refractivity contribution is 0.377. The molecule has 0 aliphatic heterocycles. The molecule has 0 spiro atoms. The molecule has 1 aromatic rings. The van der Waals surface area contributed by atoms with Crippen molar-refractivity contribution in [1.82, 2.24) is 5.32 Å². The highest BCUT2D eigenvalue weighted by atomic mass is 79.9. The molecule has 0 bridgehead atoms. The number of alkyl halides is 1. The van der Waals surface area contributed by atoms with Crippen molar-refractivity contribution in [3.05, 3.63) is 35.1 Å². The molecule has 0 aromatic heterocycles. The van der Waals surface area contributed by atoms with Crippen molar-refractivity contribution >= 4 is 15.9 Å². The number of rotatable bonds is 5. The molecule has 1 aromatic carbocycles. The average molecular weight is 288 g/mol. The lowest BCUT2D eigenvalue weighted by Crippen LogP contribution is -2.39. The zero-order valence-electron chi connectivity index (χ0n) is 10.1. The summed E-state index contributed by atoms with van der Waals surface area (Å²) in [5, 5.41) is 4.41. The summed E-state index contributed by atoms with van der Waals surface area (Å²) in [6.07, 6.45) is 1.04. The van der Waals surface area contributed by atoms with Crippen molar-refractivity contribution in [3.63, 3.8) is 0 Å². The summed E-state index contributed by atoms with van der Waals surface area (Å²) in [6.45, 7) is 7.03. The lowest BCUT2D eigenvalue weighted by atomic mass is 10.0. The monoisotopic (exact) mass is 287 g/mol. The van der Waals surface area contributed by atoms with Gasteiger partial charge in [-0.15, -0.1) is 0 Å². The first-order valence-corrected chi connectivity index (χ1v) is 6.63. The summed E-state index contributed by atoms with van der Waals surface area (Å²) in [4.78, 5) is 0. The maximum Gasteiger partial charge on any atom is 0.123 e. The van der Waals surface area contributed by atoms with Gasteiger partial charge in [0.25, 0.3) is 0 Å². The molecule has 0 aliphatic rings. The van der Waals surface area contributed by atoms with E-state index in [-0.39, 0.29) is 11.4 Å². The molecule has 0 unspecified atom stereocenters. The number of hydrogen-bond acceptors (Lipinski definition) is 1. The van der Waals surface area contributed by atoms with Gasteiger partial charge in [-0.25, -0.2) is 4.39 Å². The molecule has 1 rings (SSSR count). The molecule has 0 aliphatic carbocycles. The van der Waals surface area contributed by atoms with Crippen LogP contribution in [0.15, 0.2) is 18.2 Å². The van der Waals surface area contributed by atoms with Crippen molar-refractivity contribution in [1.29, 1.82) is 0 Å². The molecule has 16 heavy (non-hydrogen) atoms. The topological polar surface area (TPSA) is 12.0 Å². The van der Waals surface area contributed by atoms with Gasteiger partial charge in [0.05, 0.1) is 0 Å². The molecule has 0 heterocycles. The fourth-order valence-electron chi connectivity index (χ4n) is 1.49. The van der Waals surface area contributed by atoms with Crippen LogP contribution in [-0.4, -0.2) is 10.9 Å². The predicted molar refractivity (Wildman–Crippen MR) is 70.5 cm³/mol. The fourth-order valence-corrected chi connectivity index (χ4v) is 2.48. The minimum atomic E-state index is -0.166. The maximum atomic E-state index is 13.1. The van der Waals surface area contributed by atoms with E-state index in [1.54, 1.807) is 6.07 Å². The largest absolute Gasteiger partial charge is 0.308 e. The first kappa shape index (κ1) is 13.7. The van der Waals surface area contributed by atoms with Gasteiger partial charge in [-0.2, -0.15) is 0 Å². The first-order chi connectivity index (χ1) is 7.44. The van der Waals surface area contributed by atoms with Crippen LogP contribution in [0.1, 0.15) is 31.4 Å². The van der Waals surface area contributed by atoms with Gasteiger partial charge in [0.2, 0.25) is 0 Å². The van der Waals surface area contributed by atoms with Crippen LogP contribution < -0.4 is 5.32 Å². The van der Waals surface area contributed by atoms with Crippen molar-refractivity contribution in [2.45, 2.75) is 39.3 Å². The first-order valence-electron chi connectivity index (χ1n) is 5.50. The Labute approximate surface area is 106 Å². The Hall–Kier alpha value is -0.410. The van der Waals surface area contributed by atoms with E-state index >= 15 is 0 Å². The molecule has 0 saturated heterocycles. The maximum absolute atomic E-state index is 13.1. The summed E-state index contributed by atoms with van der Waals surface area (Å²) >= 11 is 3.44. The quantitative estimate of drug-likeness (QED) is 0.813. The Morgan fingerprint density at radius 2 is 2.06 bits per heavy atom. The highest BCUT2D eigenvalue weighted by Gasteiger charge is 2.15. The molecular formula is C13H19BrFN. The number of aryl methyl sites for hydroxylation is 1. The summed E-state index contributed by atoms with van der Waals surface area (Å²) in [5.41, 5.74) is 2.23. The van der Waals surface area contributed by atoms with E-state index < -0.39 is 0 Å². The van der Waals surface area contributed by atoms with Crippen LogP contribution in [0.2, 0.25) is 0 Å². The van der Waals surface area contributed by atoms with Crippen molar-refractivity contribution in [2.75, 3.05) is 5.33 Å². The normalized spacial score (nSPS) is 11.8. The van der Waals surface area contributed by atoms with Gasteiger partial charge in [0, 0.05) is 17.4 Å². The Kier molecular flexibility index (Phi) is 4.93. The second-order valence-electron chi connectivity index (χ2n) is 4.75. The minimum absolute atomic E-state index is 0.0717. The highest BCUT2D eigenvalue weighted by molar-refractivity contribution is 9.09. The number of halogens is 2. The van der Waals surface area contributed by atoms with Gasteiger partial charge < -0.3 is 5.32 Å². The summed E-state index contributed by atoms with van der Waals surface area (Å²) in [5.74, 6) is -0.166. The highest BCUT2D eigenvalue weighted by Crippen LogP contribution is 2.14. The molecule has 1 N–H and O–H groups in total. The smallest absolute Gasteiger partial charge is 0.123 e. The van der Waals surface area contributed by atoms with E-state index in [4.69, 9.17) is 0 Å². The predicted octanol–water partition coefficient (Wildman–Crippen LogP) is 3.79. The molecular weight excluding hydrogens is 269 g/mol. The molecule has 0 amide bonds. The van der Waals surface area contributed by atoms with Crippen LogP contribution in [0.25, 0.3) is 0 Å². The van der Waals surface area contributed by atoms with Crippen molar-refractivity contribution in [3.8, 4) is 0 Å². The molecule has 1 nitrogen and oxygen atoms in total. The van der Waals surface area contributed by atoms with Gasteiger partial charge in [0.1, 0.15) is 5.82 Å². The standard InChI is InChI=1S/C13H19BrFN/c1-10-4-5-12(15)8-11(10)9-16-13(2,3)6-7-14/h4-5,8,16H,6-7,9H2,1-3H3. The molecule has 0 atom stereocenters. The Balaban J connectivity index is 2.63. The number of nitrogens with one attached hydrogen (secondary N) is 1. The molecule has 90 valence electrons. The Morgan fingerprint density at radius 3 is 2.69 bits per heavy atom. The van der Waals surface area contributed by atoms with Crippen LogP contribution in [0.5, 0.6) is 0 Å². The van der Waals surface area contributed by atoms with Gasteiger partial charge in [-0.3, -0.25) is 0 Å². The average Bonchev–Trinajstić information content (AvgIpc) is 2.19. The lowest BCUT2D eigenvalue weighted by Gasteiger charge is -2.26. The van der Waals surface area contributed by atoms with Gasteiger partial charge in [0.15, 0.2) is 0 Å². The van der Waals surface area contributed by atoms with Crippen LogP contribution in [0, 0.1) is 12.7 Å². The van der Waals surface area contributed by atoms with E-state index in [9.17, 15) is 4.39 Å². The fraction of sp³-hybridized carbons (Fsp3) is 0.538. The minimum Gasteiger partial charge on any atom is -0.308 e. The third-order valence-electron chi connectivity index (χ3n) is 2.79. The van der Waals surface area contributed by atoms with Crippen LogP contribution in [0.4, 0.5) is 4.39 Å². The van der Waals surface area contributed by atoms with Gasteiger partial charge in [-0.05, 0) is 50.5 Å². The third kappa shape index (κ3) is 4.22. The van der Waals surface area contributed by atoms with Crippen LogP contribution in [-0.2, 0) is 6.54 Å². The summed E-state index contributed by atoms with van der Waals surface area (Å²) in [7, 11) is 0. The van der Waals surface area contributed by atoms with E-state index in [1.165, 1.54) is 6.07 Å². The van der Waals surface area contributed by atoms with Gasteiger partial charge in [-0.1, -0.05) is 22.0 Å². The van der Waals surface area contributed by atoms with E-state index in [1.807, 2.05) is 13.0 Å². The second-order valence-corrected chi connectivity index (χ2v) is 5.54. The Bertz CT molecular complexity index is 350. The number of benzene rings is 1. The van der Waals surface area contributed by atoms with Crippen molar-refractivity contribution < 1.29 is 4.39 Å². The zero-order chi connectivity index (χ0) is 12.2. The Morgan fingerprint density at radius 1 is 1.38 bits per heavy atom. The third-order valence-corrected chi connectivity index (χ3v) is 3.18. The summed E-state index contributed by atoms with van der Waals surface area (Å²) in [6, 6.07) is 4.93. The van der Waals surface area contributed by atoms with E-state index in [2.05, 4.69) is 35.1 Å². The van der Waals surface area contributed by atoms with Crippen molar-refractivity contribution in [2.24, 2.45) is 0 Å². The molecule has 3 heteroatoms. The van der Waals surface area contributed by atoms with E-state index in [0.29, 0.717) is 6.54 Å². The zero-order valence-corrected chi connectivity index (χ0v) is 11.7. The van der Waals surface area contributed by atoms with Gasteiger partial charge >= 0.3 is 0 Å². The van der Waals surface area contributed by atoms with Crippen LogP contribution >= 0.6 is 15.9 Å². The van der Waals surface area contributed by atoms with E-state index in [0.717, 1.165) is 22.9 Å². The summed E-state index contributed by atoms with van der Waals surface area (Å²) < 4.78 is 13.1. The second kappa shape index (κ2) is 5.78. The molecule has 0 radical (unpaired) electrons. The molecule has 0 saturated carbocycles. The number of hydrogen-bond donors (Lipinski definition) is 1. The van der Waals surface area contributed by atoms with Crippen LogP contribution in [0.3, 0.4) is 0 Å². The SMILES string of the molecule is Cc1ccc(F)cc1CNC(C)(C)CCBr.